The predicted molar refractivity (Wildman–Crippen MR) is 106 cm³/mol. The van der Waals surface area contributed by atoms with Crippen molar-refractivity contribution in [2.75, 3.05) is 13.7 Å². The van der Waals surface area contributed by atoms with Crippen LogP contribution in [0.5, 0.6) is 11.5 Å². The number of unbranched alkanes of at least 4 members (excludes halogenated alkanes) is 1. The lowest BCUT2D eigenvalue weighted by Gasteiger charge is -2.12. The number of hydrogen-bond acceptors (Lipinski definition) is 6. The summed E-state index contributed by atoms with van der Waals surface area (Å²) < 4.78 is 10.9. The first-order chi connectivity index (χ1) is 13.9. The molecule has 0 aromatic heterocycles. The summed E-state index contributed by atoms with van der Waals surface area (Å²) in [4.78, 5) is 34.4. The zero-order valence-electron chi connectivity index (χ0n) is 16.3. The Morgan fingerprint density at radius 1 is 1.07 bits per heavy atom. The highest BCUT2D eigenvalue weighted by molar-refractivity contribution is 5.96. The number of carbonyl (C=O) groups excluding carboxylic acids is 2. The molecule has 9 heteroatoms. The number of benzene rings is 2. The molecule has 0 fully saturated rings. The average molecular weight is 401 g/mol. The van der Waals surface area contributed by atoms with Crippen LogP contribution in [0.4, 0.5) is 5.69 Å². The molecule has 0 aliphatic rings. The summed E-state index contributed by atoms with van der Waals surface area (Å²) in [6.45, 7) is 2.61. The third-order valence-electron chi connectivity index (χ3n) is 4.01. The monoisotopic (exact) mass is 401 g/mol. The molecule has 0 saturated carbocycles. The van der Waals surface area contributed by atoms with Gasteiger partial charge in [0, 0.05) is 17.7 Å². The molecule has 154 valence electrons. The molecule has 2 N–H and O–H groups in total. The summed E-state index contributed by atoms with van der Waals surface area (Å²) in [5.74, 6) is -0.00943. The Balaban J connectivity index is 1.90. The molecule has 2 amide bonds. The van der Waals surface area contributed by atoms with E-state index in [9.17, 15) is 19.7 Å². The molecule has 0 atom stereocenters. The fourth-order valence-corrected chi connectivity index (χ4v) is 2.42. The minimum absolute atomic E-state index is 0.0359. The van der Waals surface area contributed by atoms with Crippen LogP contribution >= 0.6 is 0 Å². The number of hydrogen-bond donors (Lipinski definition) is 2. The van der Waals surface area contributed by atoms with Crippen molar-refractivity contribution in [3.05, 3.63) is 63.7 Å². The Labute approximate surface area is 168 Å². The van der Waals surface area contributed by atoms with Crippen LogP contribution in [0.1, 0.15) is 35.7 Å². The van der Waals surface area contributed by atoms with Crippen molar-refractivity contribution in [3.63, 3.8) is 0 Å². The van der Waals surface area contributed by atoms with Gasteiger partial charge in [-0.05, 0) is 30.2 Å². The Kier molecular flexibility index (Phi) is 7.96. The lowest BCUT2D eigenvalue weighted by Crippen LogP contribution is -2.42. The van der Waals surface area contributed by atoms with Crippen LogP contribution in [-0.4, -0.2) is 30.5 Å². The molecule has 0 unspecified atom stereocenters. The van der Waals surface area contributed by atoms with E-state index in [0.29, 0.717) is 29.2 Å². The van der Waals surface area contributed by atoms with Gasteiger partial charge in [0.1, 0.15) is 0 Å². The molecule has 0 heterocycles. The number of nitro groups is 1. The molecule has 9 nitrogen and oxygen atoms in total. The Bertz CT molecular complexity index is 867. The summed E-state index contributed by atoms with van der Waals surface area (Å²) >= 11 is 0. The molecular weight excluding hydrogens is 378 g/mol. The summed E-state index contributed by atoms with van der Waals surface area (Å²) in [6.07, 6.45) is 1.88. The van der Waals surface area contributed by atoms with Crippen molar-refractivity contribution < 1.29 is 24.0 Å². The zero-order valence-corrected chi connectivity index (χ0v) is 16.3. The number of methoxy groups -OCH3 is 1. The van der Waals surface area contributed by atoms with Gasteiger partial charge in [0.05, 0.1) is 25.1 Å². The zero-order chi connectivity index (χ0) is 21.2. The molecule has 0 aliphatic carbocycles. The topological polar surface area (TPSA) is 120 Å². The van der Waals surface area contributed by atoms with Crippen LogP contribution in [-0.2, 0) is 11.2 Å². The van der Waals surface area contributed by atoms with Gasteiger partial charge in [-0.2, -0.15) is 0 Å². The van der Waals surface area contributed by atoms with Gasteiger partial charge in [-0.25, -0.2) is 0 Å². The normalized spacial score (nSPS) is 10.1. The van der Waals surface area contributed by atoms with Crippen LogP contribution in [0, 0.1) is 10.1 Å². The highest BCUT2D eigenvalue weighted by atomic mass is 16.6. The standard InChI is InChI=1S/C20H23N3O6/c1-3-4-11-29-17-10-7-15(13-18(17)28-2)20(25)22-21-19(24)12-14-5-8-16(9-6-14)23(26)27/h5-10,13H,3-4,11-12H2,1-2H3,(H,21,24)(H,22,25). The van der Waals surface area contributed by atoms with E-state index in [4.69, 9.17) is 9.47 Å². The number of nitrogens with one attached hydrogen (secondary N) is 2. The summed E-state index contributed by atoms with van der Waals surface area (Å²) in [5.41, 5.74) is 5.46. The SMILES string of the molecule is CCCCOc1ccc(C(=O)NNC(=O)Cc2ccc([N+](=O)[O-])cc2)cc1OC. The Morgan fingerprint density at radius 3 is 2.41 bits per heavy atom. The molecule has 0 bridgehead atoms. The quantitative estimate of drug-likeness (QED) is 0.379. The molecule has 0 spiro atoms. The second-order valence-corrected chi connectivity index (χ2v) is 6.17. The number of rotatable bonds is 9. The largest absolute Gasteiger partial charge is 0.493 e. The van der Waals surface area contributed by atoms with Gasteiger partial charge >= 0.3 is 0 Å². The van der Waals surface area contributed by atoms with Gasteiger partial charge in [-0.3, -0.25) is 30.6 Å². The average Bonchev–Trinajstić information content (AvgIpc) is 2.72. The summed E-state index contributed by atoms with van der Waals surface area (Å²) in [6, 6.07) is 10.3. The number of nitrogens with zero attached hydrogens (tertiary/aromatic N) is 1. The predicted octanol–water partition coefficient (Wildman–Crippen LogP) is 2.79. The van der Waals surface area contributed by atoms with E-state index in [1.54, 1.807) is 12.1 Å². The second kappa shape index (κ2) is 10.6. The number of carbonyl (C=O) groups is 2. The van der Waals surface area contributed by atoms with Crippen LogP contribution in [0.15, 0.2) is 42.5 Å². The lowest BCUT2D eigenvalue weighted by molar-refractivity contribution is -0.384. The minimum atomic E-state index is -0.515. The molecule has 29 heavy (non-hydrogen) atoms. The first-order valence-electron chi connectivity index (χ1n) is 9.08. The van der Waals surface area contributed by atoms with Crippen molar-refractivity contribution >= 4 is 17.5 Å². The van der Waals surface area contributed by atoms with Crippen molar-refractivity contribution in [1.82, 2.24) is 10.9 Å². The van der Waals surface area contributed by atoms with Crippen molar-refractivity contribution in [1.29, 1.82) is 0 Å². The number of ether oxygens (including phenoxy) is 2. The van der Waals surface area contributed by atoms with E-state index >= 15 is 0 Å². The molecule has 0 saturated heterocycles. The first kappa shape index (κ1) is 21.7. The molecule has 2 rings (SSSR count). The van der Waals surface area contributed by atoms with Crippen LogP contribution in [0.3, 0.4) is 0 Å². The van der Waals surface area contributed by atoms with Crippen LogP contribution in [0.2, 0.25) is 0 Å². The van der Waals surface area contributed by atoms with Gasteiger partial charge in [-0.1, -0.05) is 25.5 Å². The Hall–Kier alpha value is -3.62. The van der Waals surface area contributed by atoms with Gasteiger partial charge in [0.15, 0.2) is 11.5 Å². The smallest absolute Gasteiger partial charge is 0.269 e. The highest BCUT2D eigenvalue weighted by Crippen LogP contribution is 2.28. The molecule has 2 aromatic carbocycles. The fraction of sp³-hybridized carbons (Fsp3) is 0.300. The molecule has 2 aromatic rings. The van der Waals surface area contributed by atoms with E-state index in [0.717, 1.165) is 12.8 Å². The van der Waals surface area contributed by atoms with Crippen molar-refractivity contribution in [2.24, 2.45) is 0 Å². The van der Waals surface area contributed by atoms with Gasteiger partial charge in [0.25, 0.3) is 11.6 Å². The van der Waals surface area contributed by atoms with Crippen LogP contribution < -0.4 is 20.3 Å². The van der Waals surface area contributed by atoms with E-state index in [1.807, 2.05) is 0 Å². The fourth-order valence-electron chi connectivity index (χ4n) is 2.42. The number of non-ortho nitro benzene ring substituents is 1. The molecule has 0 radical (unpaired) electrons. The third kappa shape index (κ3) is 6.49. The van der Waals surface area contributed by atoms with Gasteiger partial charge in [0.2, 0.25) is 5.91 Å². The van der Waals surface area contributed by atoms with Crippen LogP contribution in [0.25, 0.3) is 0 Å². The van der Waals surface area contributed by atoms with Crippen molar-refractivity contribution in [3.8, 4) is 11.5 Å². The number of nitro benzene ring substituents is 1. The maximum atomic E-state index is 12.3. The van der Waals surface area contributed by atoms with E-state index in [-0.39, 0.29) is 12.1 Å². The van der Waals surface area contributed by atoms with E-state index < -0.39 is 16.7 Å². The number of hydrazine groups is 1. The van der Waals surface area contributed by atoms with Crippen molar-refractivity contribution in [2.45, 2.75) is 26.2 Å². The maximum absolute atomic E-state index is 12.3. The second-order valence-electron chi connectivity index (χ2n) is 6.17. The highest BCUT2D eigenvalue weighted by Gasteiger charge is 2.13. The lowest BCUT2D eigenvalue weighted by atomic mass is 10.1. The minimum Gasteiger partial charge on any atom is -0.493 e. The van der Waals surface area contributed by atoms with Gasteiger partial charge < -0.3 is 9.47 Å². The first-order valence-corrected chi connectivity index (χ1v) is 9.08. The molecular formula is C20H23N3O6. The summed E-state index contributed by atoms with van der Waals surface area (Å²) in [5, 5.41) is 10.6. The van der Waals surface area contributed by atoms with E-state index in [2.05, 4.69) is 17.8 Å². The third-order valence-corrected chi connectivity index (χ3v) is 4.01. The number of amides is 2. The molecule has 0 aliphatic heterocycles. The Morgan fingerprint density at radius 2 is 1.79 bits per heavy atom. The van der Waals surface area contributed by atoms with Gasteiger partial charge in [-0.15, -0.1) is 0 Å². The summed E-state index contributed by atoms with van der Waals surface area (Å²) in [7, 11) is 1.48. The maximum Gasteiger partial charge on any atom is 0.269 e. The van der Waals surface area contributed by atoms with E-state index in [1.165, 1.54) is 37.4 Å².